The summed E-state index contributed by atoms with van der Waals surface area (Å²) in [6.45, 7) is 0. The van der Waals surface area contributed by atoms with Crippen LogP contribution in [-0.4, -0.2) is 13.8 Å². The van der Waals surface area contributed by atoms with E-state index in [1.165, 1.54) is 62.3 Å². The van der Waals surface area contributed by atoms with E-state index in [9.17, 15) is 8.42 Å². The summed E-state index contributed by atoms with van der Waals surface area (Å²) in [6.07, 6.45) is 13.2. The van der Waals surface area contributed by atoms with Crippen LogP contribution in [0.15, 0.2) is 30.3 Å². The summed E-state index contributed by atoms with van der Waals surface area (Å²) in [6, 6.07) is 10.7. The zero-order valence-corrected chi connectivity index (χ0v) is 13.8. The van der Waals surface area contributed by atoms with E-state index in [1.54, 1.807) is 0 Å². The second-order valence-electron chi connectivity index (χ2n) is 5.63. The highest BCUT2D eigenvalue weighted by Gasteiger charge is 1.94. The van der Waals surface area contributed by atoms with Crippen molar-refractivity contribution in [1.82, 2.24) is 0 Å². The molecule has 0 fully saturated rings. The fourth-order valence-corrected chi connectivity index (χ4v) is 2.89. The maximum atomic E-state index is 10.3. The summed E-state index contributed by atoms with van der Waals surface area (Å²) < 4.78 is 20.6. The molecule has 0 atom stereocenters. The van der Waals surface area contributed by atoms with Gasteiger partial charge in [-0.25, -0.2) is 0 Å². The second-order valence-corrected chi connectivity index (χ2v) is 6.49. The largest absolute Gasteiger partial charge is 0.209 e. The van der Waals surface area contributed by atoms with Gasteiger partial charge in [-0.3, -0.25) is 0 Å². The van der Waals surface area contributed by atoms with Gasteiger partial charge in [0.25, 0.3) is 0 Å². The molecule has 0 amide bonds. The van der Waals surface area contributed by atoms with Crippen molar-refractivity contribution in [2.75, 3.05) is 0 Å². The van der Waals surface area contributed by atoms with Gasteiger partial charge in [0.05, 0.1) is 0 Å². The van der Waals surface area contributed by atoms with Gasteiger partial charge in [0.15, 0.2) is 0 Å². The topological polar surface area (TPSA) is 34.1 Å². The lowest BCUT2D eigenvalue weighted by atomic mass is 10.0. The first kappa shape index (κ1) is 18.0. The van der Waals surface area contributed by atoms with Crippen molar-refractivity contribution in [3.05, 3.63) is 35.9 Å². The Morgan fingerprint density at radius 1 is 0.714 bits per heavy atom. The lowest BCUT2D eigenvalue weighted by molar-refractivity contribution is 0.562. The Labute approximate surface area is 131 Å². The van der Waals surface area contributed by atoms with E-state index in [-0.39, 0.29) is 0 Å². The zero-order valence-electron chi connectivity index (χ0n) is 13.0. The number of aryl methyl sites for hydroxylation is 1. The Morgan fingerprint density at radius 2 is 1.24 bits per heavy atom. The Balaban J connectivity index is 1.81. The van der Waals surface area contributed by atoms with Crippen molar-refractivity contribution >= 4 is 15.7 Å². The molecule has 0 heterocycles. The highest BCUT2D eigenvalue weighted by molar-refractivity contribution is 7.71. The fourth-order valence-electron chi connectivity index (χ4n) is 2.54. The molecule has 0 aliphatic carbocycles. The molecule has 0 N–H and O–H groups in total. The molecule has 2 nitrogen and oxygen atoms in total. The molecule has 0 bridgehead atoms. The molecule has 0 saturated carbocycles. The summed E-state index contributed by atoms with van der Waals surface area (Å²) in [4.78, 5) is 0. The molecular weight excluding hydrogens is 280 g/mol. The van der Waals surface area contributed by atoms with Gasteiger partial charge in [0, 0.05) is 5.37 Å². The van der Waals surface area contributed by atoms with Crippen LogP contribution in [0.25, 0.3) is 0 Å². The van der Waals surface area contributed by atoms with Gasteiger partial charge < -0.3 is 0 Å². The SMILES string of the molecule is O=S(=O)=CCCCCCCCCCCCc1ccccc1. The van der Waals surface area contributed by atoms with Gasteiger partial charge in [0.2, 0.25) is 10.3 Å². The molecule has 3 heteroatoms. The molecule has 0 aromatic heterocycles. The number of benzene rings is 1. The Bertz CT molecular complexity index is 469. The highest BCUT2D eigenvalue weighted by atomic mass is 32.2. The third-order valence-corrected chi connectivity index (χ3v) is 4.27. The lowest BCUT2D eigenvalue weighted by Gasteiger charge is -2.03. The maximum Gasteiger partial charge on any atom is 0.209 e. The van der Waals surface area contributed by atoms with Crippen molar-refractivity contribution in [2.45, 2.75) is 70.6 Å². The molecular formula is C18H28O2S. The number of hydrogen-bond acceptors (Lipinski definition) is 2. The minimum Gasteiger partial charge on any atom is -0.185 e. The third-order valence-electron chi connectivity index (χ3n) is 3.77. The van der Waals surface area contributed by atoms with E-state index in [1.807, 2.05) is 0 Å². The third kappa shape index (κ3) is 11.3. The standard InChI is InChI=1S/C18H28O2S/c19-21(20)17-13-8-6-4-2-1-3-5-7-10-14-18-15-11-9-12-16-18/h9,11-12,15-17H,1-8,10,13-14H2. The molecule has 0 radical (unpaired) electrons. The van der Waals surface area contributed by atoms with E-state index in [2.05, 4.69) is 30.3 Å². The average Bonchev–Trinajstić information content (AvgIpc) is 2.49. The first-order chi connectivity index (χ1) is 10.3. The van der Waals surface area contributed by atoms with E-state index in [0.717, 1.165) is 12.8 Å². The Hall–Kier alpha value is -1.09. The highest BCUT2D eigenvalue weighted by Crippen LogP contribution is 2.12. The van der Waals surface area contributed by atoms with E-state index >= 15 is 0 Å². The average molecular weight is 308 g/mol. The van der Waals surface area contributed by atoms with Crippen LogP contribution in [0.2, 0.25) is 0 Å². The number of unbranched alkanes of at least 4 members (excludes halogenated alkanes) is 9. The van der Waals surface area contributed by atoms with Gasteiger partial charge in [-0.1, -0.05) is 75.3 Å². The smallest absolute Gasteiger partial charge is 0.185 e. The van der Waals surface area contributed by atoms with Gasteiger partial charge in [-0.05, 0) is 31.2 Å². The molecule has 0 saturated heterocycles. The van der Waals surface area contributed by atoms with Gasteiger partial charge in [-0.2, -0.15) is 8.42 Å². The first-order valence-corrected chi connectivity index (χ1v) is 9.38. The first-order valence-electron chi connectivity index (χ1n) is 8.24. The van der Waals surface area contributed by atoms with Crippen molar-refractivity contribution in [1.29, 1.82) is 0 Å². The number of rotatable bonds is 12. The van der Waals surface area contributed by atoms with Crippen LogP contribution in [0.1, 0.15) is 69.8 Å². The predicted molar refractivity (Wildman–Crippen MR) is 91.3 cm³/mol. The maximum absolute atomic E-state index is 10.3. The molecule has 118 valence electrons. The van der Waals surface area contributed by atoms with Crippen LogP contribution in [0.4, 0.5) is 0 Å². The molecule has 1 aromatic rings. The molecule has 21 heavy (non-hydrogen) atoms. The Kier molecular flexibility index (Phi) is 10.8. The second kappa shape index (κ2) is 12.6. The minimum absolute atomic E-state index is 0.704. The molecule has 0 aliphatic rings. The van der Waals surface area contributed by atoms with Crippen molar-refractivity contribution in [3.63, 3.8) is 0 Å². The number of hydrogen-bond donors (Lipinski definition) is 0. The summed E-state index contributed by atoms with van der Waals surface area (Å²) in [5, 5.41) is 1.37. The summed E-state index contributed by atoms with van der Waals surface area (Å²) >= 11 is 0. The van der Waals surface area contributed by atoms with Crippen LogP contribution in [-0.2, 0) is 16.7 Å². The normalized spacial score (nSPS) is 10.5. The predicted octanol–water partition coefficient (Wildman–Crippen LogP) is 4.81. The van der Waals surface area contributed by atoms with E-state index in [0.29, 0.717) is 6.42 Å². The van der Waals surface area contributed by atoms with E-state index < -0.39 is 10.3 Å². The van der Waals surface area contributed by atoms with Gasteiger partial charge in [0.1, 0.15) is 0 Å². The van der Waals surface area contributed by atoms with Gasteiger partial charge >= 0.3 is 0 Å². The van der Waals surface area contributed by atoms with Crippen molar-refractivity contribution < 1.29 is 8.42 Å². The summed E-state index contributed by atoms with van der Waals surface area (Å²) in [5.74, 6) is 0. The Morgan fingerprint density at radius 3 is 1.81 bits per heavy atom. The van der Waals surface area contributed by atoms with Gasteiger partial charge in [-0.15, -0.1) is 0 Å². The van der Waals surface area contributed by atoms with Crippen LogP contribution < -0.4 is 0 Å². The molecule has 1 aromatic carbocycles. The minimum atomic E-state index is -1.97. The molecule has 0 aliphatic heterocycles. The monoisotopic (exact) mass is 308 g/mol. The molecule has 0 unspecified atom stereocenters. The van der Waals surface area contributed by atoms with Crippen LogP contribution >= 0.6 is 0 Å². The zero-order chi connectivity index (χ0) is 15.2. The van der Waals surface area contributed by atoms with E-state index in [4.69, 9.17) is 0 Å². The molecule has 0 spiro atoms. The quantitative estimate of drug-likeness (QED) is 0.410. The summed E-state index contributed by atoms with van der Waals surface area (Å²) in [5.41, 5.74) is 1.45. The van der Waals surface area contributed by atoms with Crippen LogP contribution in [0, 0.1) is 0 Å². The van der Waals surface area contributed by atoms with Crippen LogP contribution in [0.3, 0.4) is 0 Å². The fraction of sp³-hybridized carbons (Fsp3) is 0.611. The lowest BCUT2D eigenvalue weighted by Crippen LogP contribution is -1.86. The van der Waals surface area contributed by atoms with Crippen molar-refractivity contribution in [3.8, 4) is 0 Å². The summed E-state index contributed by atoms with van der Waals surface area (Å²) in [7, 11) is -1.97. The molecule has 1 rings (SSSR count). The van der Waals surface area contributed by atoms with Crippen LogP contribution in [0.5, 0.6) is 0 Å². The van der Waals surface area contributed by atoms with Crippen molar-refractivity contribution in [2.24, 2.45) is 0 Å².